The second kappa shape index (κ2) is 5.13. The van der Waals surface area contributed by atoms with Gasteiger partial charge in [-0.25, -0.2) is 12.8 Å². The summed E-state index contributed by atoms with van der Waals surface area (Å²) < 4.78 is 40.2. The Hall–Kier alpha value is -2.08. The number of halogens is 1. The van der Waals surface area contributed by atoms with Gasteiger partial charge in [0.2, 0.25) is 0 Å². The standard InChI is InChI=1S/C14H15FN2O2S/c1-9-3-4-11(16)8-14(9)20(18,19)17-12-5-6-13(15)10(2)7-12/h3-8,17H,16H2,1-2H3. The van der Waals surface area contributed by atoms with E-state index in [1.54, 1.807) is 26.0 Å². The van der Waals surface area contributed by atoms with Crippen molar-refractivity contribution in [2.75, 3.05) is 10.5 Å². The van der Waals surface area contributed by atoms with Gasteiger partial charge in [-0.2, -0.15) is 0 Å². The molecule has 0 heterocycles. The van der Waals surface area contributed by atoms with E-state index in [0.717, 1.165) is 0 Å². The van der Waals surface area contributed by atoms with Crippen LogP contribution in [0, 0.1) is 19.7 Å². The van der Waals surface area contributed by atoms with Gasteiger partial charge in [0.15, 0.2) is 0 Å². The van der Waals surface area contributed by atoms with Crippen molar-refractivity contribution in [3.05, 3.63) is 53.3 Å². The molecule has 0 unspecified atom stereocenters. The second-order valence-electron chi connectivity index (χ2n) is 4.59. The largest absolute Gasteiger partial charge is 0.399 e. The number of nitrogen functional groups attached to an aromatic ring is 1. The van der Waals surface area contributed by atoms with Crippen molar-refractivity contribution in [1.29, 1.82) is 0 Å². The van der Waals surface area contributed by atoms with Crippen molar-refractivity contribution in [1.82, 2.24) is 0 Å². The fraction of sp³-hybridized carbons (Fsp3) is 0.143. The van der Waals surface area contributed by atoms with Crippen LogP contribution in [0.2, 0.25) is 0 Å². The third-order valence-corrected chi connectivity index (χ3v) is 4.44. The van der Waals surface area contributed by atoms with E-state index in [1.807, 2.05) is 0 Å². The van der Waals surface area contributed by atoms with Gasteiger partial charge in [0.25, 0.3) is 10.0 Å². The molecule has 0 fully saturated rings. The molecule has 0 spiro atoms. The number of aryl methyl sites for hydroxylation is 2. The predicted molar refractivity (Wildman–Crippen MR) is 77.5 cm³/mol. The van der Waals surface area contributed by atoms with Gasteiger partial charge < -0.3 is 5.73 Å². The Morgan fingerprint density at radius 2 is 1.75 bits per heavy atom. The average Bonchev–Trinajstić information content (AvgIpc) is 2.36. The lowest BCUT2D eigenvalue weighted by atomic mass is 10.2. The first kappa shape index (κ1) is 14.3. The van der Waals surface area contributed by atoms with Crippen molar-refractivity contribution < 1.29 is 12.8 Å². The van der Waals surface area contributed by atoms with Crippen LogP contribution >= 0.6 is 0 Å². The molecule has 0 radical (unpaired) electrons. The van der Waals surface area contributed by atoms with E-state index in [4.69, 9.17) is 5.73 Å². The summed E-state index contributed by atoms with van der Waals surface area (Å²) in [6, 6.07) is 8.71. The molecule has 2 aromatic rings. The van der Waals surface area contributed by atoms with Crippen LogP contribution in [0.1, 0.15) is 11.1 Å². The Bertz CT molecular complexity index is 758. The normalized spacial score (nSPS) is 11.3. The van der Waals surface area contributed by atoms with Crippen LogP contribution in [-0.4, -0.2) is 8.42 Å². The highest BCUT2D eigenvalue weighted by molar-refractivity contribution is 7.92. The highest BCUT2D eigenvalue weighted by Crippen LogP contribution is 2.22. The lowest BCUT2D eigenvalue weighted by Crippen LogP contribution is -2.14. The number of nitrogens with one attached hydrogen (secondary N) is 1. The quantitative estimate of drug-likeness (QED) is 0.855. The molecule has 2 rings (SSSR count). The Balaban J connectivity index is 2.40. The zero-order valence-corrected chi connectivity index (χ0v) is 12.0. The van der Waals surface area contributed by atoms with E-state index in [1.165, 1.54) is 24.3 Å². The van der Waals surface area contributed by atoms with E-state index < -0.39 is 10.0 Å². The summed E-state index contributed by atoms with van der Waals surface area (Å²) in [6.45, 7) is 3.25. The van der Waals surface area contributed by atoms with Gasteiger partial charge >= 0.3 is 0 Å². The van der Waals surface area contributed by atoms with E-state index in [-0.39, 0.29) is 10.7 Å². The third-order valence-electron chi connectivity index (χ3n) is 2.91. The van der Waals surface area contributed by atoms with E-state index in [0.29, 0.717) is 22.5 Å². The van der Waals surface area contributed by atoms with Crippen LogP contribution in [0.5, 0.6) is 0 Å². The molecule has 2 aromatic carbocycles. The number of benzene rings is 2. The van der Waals surface area contributed by atoms with Gasteiger partial charge in [-0.1, -0.05) is 6.07 Å². The molecule has 0 aliphatic carbocycles. The molecule has 6 heteroatoms. The number of sulfonamides is 1. The lowest BCUT2D eigenvalue weighted by Gasteiger charge is -2.11. The molecule has 4 nitrogen and oxygen atoms in total. The van der Waals surface area contributed by atoms with Crippen molar-refractivity contribution in [2.24, 2.45) is 0 Å². The van der Waals surface area contributed by atoms with Crippen molar-refractivity contribution >= 4 is 21.4 Å². The summed E-state index contributed by atoms with van der Waals surface area (Å²) >= 11 is 0. The first-order chi connectivity index (χ1) is 9.29. The molecule has 0 aromatic heterocycles. The Labute approximate surface area is 117 Å². The van der Waals surface area contributed by atoms with Gasteiger partial charge in [-0.3, -0.25) is 4.72 Å². The highest BCUT2D eigenvalue weighted by Gasteiger charge is 2.17. The van der Waals surface area contributed by atoms with Crippen LogP contribution in [0.3, 0.4) is 0 Å². The fourth-order valence-corrected chi connectivity index (χ4v) is 3.15. The topological polar surface area (TPSA) is 72.2 Å². The van der Waals surface area contributed by atoms with Crippen molar-refractivity contribution in [3.63, 3.8) is 0 Å². The summed E-state index contributed by atoms with van der Waals surface area (Å²) in [5.41, 5.74) is 7.26. The molecule has 0 aliphatic rings. The van der Waals surface area contributed by atoms with Crippen LogP contribution in [0.25, 0.3) is 0 Å². The lowest BCUT2D eigenvalue weighted by molar-refractivity contribution is 0.600. The Morgan fingerprint density at radius 1 is 1.05 bits per heavy atom. The maximum atomic E-state index is 13.2. The van der Waals surface area contributed by atoms with Crippen molar-refractivity contribution in [3.8, 4) is 0 Å². The minimum Gasteiger partial charge on any atom is -0.399 e. The summed E-state index contributed by atoms with van der Waals surface area (Å²) in [7, 11) is -3.75. The third kappa shape index (κ3) is 2.91. The van der Waals surface area contributed by atoms with Crippen LogP contribution < -0.4 is 10.5 Å². The monoisotopic (exact) mass is 294 g/mol. The molecule has 3 N–H and O–H groups in total. The minimum absolute atomic E-state index is 0.111. The minimum atomic E-state index is -3.75. The van der Waals surface area contributed by atoms with Gasteiger partial charge in [0.05, 0.1) is 4.90 Å². The number of hydrogen-bond acceptors (Lipinski definition) is 3. The first-order valence-corrected chi connectivity index (χ1v) is 7.43. The summed E-state index contributed by atoms with van der Waals surface area (Å²) in [5, 5.41) is 0. The van der Waals surface area contributed by atoms with Gasteiger partial charge in [-0.05, 0) is 55.3 Å². The molecular formula is C14H15FN2O2S. The smallest absolute Gasteiger partial charge is 0.262 e. The molecule has 0 saturated carbocycles. The number of nitrogens with two attached hydrogens (primary N) is 1. The summed E-state index contributed by atoms with van der Waals surface area (Å²) in [6.07, 6.45) is 0. The number of anilines is 2. The van der Waals surface area contributed by atoms with Crippen LogP contribution in [0.15, 0.2) is 41.3 Å². The molecule has 0 atom stereocenters. The van der Waals surface area contributed by atoms with Crippen molar-refractivity contribution in [2.45, 2.75) is 18.7 Å². The first-order valence-electron chi connectivity index (χ1n) is 5.95. The molecule has 0 aliphatic heterocycles. The maximum Gasteiger partial charge on any atom is 0.262 e. The zero-order chi connectivity index (χ0) is 14.9. The van der Waals surface area contributed by atoms with Gasteiger partial charge in [0.1, 0.15) is 5.82 Å². The molecule has 0 bridgehead atoms. The summed E-state index contributed by atoms with van der Waals surface area (Å²) in [5.74, 6) is -0.381. The second-order valence-corrected chi connectivity index (χ2v) is 6.25. The van der Waals surface area contributed by atoms with Crippen LogP contribution in [0.4, 0.5) is 15.8 Å². The highest BCUT2D eigenvalue weighted by atomic mass is 32.2. The summed E-state index contributed by atoms with van der Waals surface area (Å²) in [4.78, 5) is 0.111. The van der Waals surface area contributed by atoms with Gasteiger partial charge in [-0.15, -0.1) is 0 Å². The SMILES string of the molecule is Cc1cc(NS(=O)(=O)c2cc(N)ccc2C)ccc1F. The van der Waals surface area contributed by atoms with E-state index >= 15 is 0 Å². The Morgan fingerprint density at radius 3 is 2.40 bits per heavy atom. The van der Waals surface area contributed by atoms with Crippen LogP contribution in [-0.2, 0) is 10.0 Å². The fourth-order valence-electron chi connectivity index (χ4n) is 1.82. The predicted octanol–water partition coefficient (Wildman–Crippen LogP) is 2.83. The van der Waals surface area contributed by atoms with E-state index in [2.05, 4.69) is 4.72 Å². The van der Waals surface area contributed by atoms with Gasteiger partial charge in [0, 0.05) is 11.4 Å². The number of rotatable bonds is 3. The van der Waals surface area contributed by atoms with E-state index in [9.17, 15) is 12.8 Å². The molecule has 106 valence electrons. The number of hydrogen-bond donors (Lipinski definition) is 2. The maximum absolute atomic E-state index is 13.2. The molecule has 0 amide bonds. The molecule has 20 heavy (non-hydrogen) atoms. The molecular weight excluding hydrogens is 279 g/mol. The molecule has 0 saturated heterocycles. The Kier molecular flexibility index (Phi) is 3.67. The zero-order valence-electron chi connectivity index (χ0n) is 11.1. The average molecular weight is 294 g/mol.